The zero-order valence-corrected chi connectivity index (χ0v) is 8.48. The first-order valence-corrected chi connectivity index (χ1v) is 5.02. The van der Waals surface area contributed by atoms with Crippen molar-refractivity contribution in [3.63, 3.8) is 0 Å². The molecule has 1 fully saturated rings. The molecular formula is C10H19Li. The molecule has 0 amide bonds. The van der Waals surface area contributed by atoms with Crippen molar-refractivity contribution in [3.05, 3.63) is 0 Å². The summed E-state index contributed by atoms with van der Waals surface area (Å²) in [6, 6.07) is 0. The fraction of sp³-hybridized carbons (Fsp3) is 1.00. The van der Waals surface area contributed by atoms with Crippen LogP contribution in [-0.4, -0.2) is 17.7 Å². The van der Waals surface area contributed by atoms with Crippen LogP contribution in [0.25, 0.3) is 0 Å². The van der Waals surface area contributed by atoms with Gasteiger partial charge in [-0.15, -0.1) is 0 Å². The summed E-state index contributed by atoms with van der Waals surface area (Å²) in [6.07, 6.45) is 5.85. The third-order valence-electron chi connectivity index (χ3n) is 3.22. The van der Waals surface area contributed by atoms with Gasteiger partial charge >= 0.3 is 80.1 Å². The summed E-state index contributed by atoms with van der Waals surface area (Å²) in [7, 11) is 0. The molecule has 11 heavy (non-hydrogen) atoms. The van der Waals surface area contributed by atoms with Crippen LogP contribution in [0.3, 0.4) is 0 Å². The van der Waals surface area contributed by atoms with Crippen molar-refractivity contribution in [1.82, 2.24) is 0 Å². The summed E-state index contributed by atoms with van der Waals surface area (Å²) in [6.45, 7) is 7.17. The molecule has 0 aromatic heterocycles. The van der Waals surface area contributed by atoms with Gasteiger partial charge in [-0.2, -0.15) is 0 Å². The van der Waals surface area contributed by atoms with Crippen LogP contribution in [0.1, 0.15) is 46.5 Å². The zero-order chi connectivity index (χ0) is 8.48. The number of hydrogen-bond donors (Lipinski definition) is 0. The van der Waals surface area contributed by atoms with Crippen LogP contribution in [0.5, 0.6) is 0 Å². The predicted octanol–water partition coefficient (Wildman–Crippen LogP) is 3.18. The van der Waals surface area contributed by atoms with Gasteiger partial charge in [0, 0.05) is 0 Å². The van der Waals surface area contributed by atoms with Crippen molar-refractivity contribution in [1.29, 1.82) is 0 Å². The molecule has 60 valence electrons. The molecule has 0 aliphatic heterocycles. The van der Waals surface area contributed by atoms with E-state index in [1.807, 2.05) is 0 Å². The minimum atomic E-state index is 0.542. The van der Waals surface area contributed by atoms with E-state index in [-0.39, 0.29) is 0 Å². The Labute approximate surface area is 80.3 Å². The second-order valence-electron chi connectivity index (χ2n) is 5.23. The van der Waals surface area contributed by atoms with Crippen molar-refractivity contribution < 1.29 is 0 Å². The van der Waals surface area contributed by atoms with Crippen LogP contribution in [0.2, 0.25) is 4.59 Å². The minimum absolute atomic E-state index is 0.542. The Morgan fingerprint density at radius 3 is 2.00 bits per heavy atom. The van der Waals surface area contributed by atoms with E-state index in [9.17, 15) is 0 Å². The summed E-state index contributed by atoms with van der Waals surface area (Å²) >= 11 is 2.43. The Morgan fingerprint density at radius 1 is 1.09 bits per heavy atom. The van der Waals surface area contributed by atoms with Crippen LogP contribution < -0.4 is 0 Å². The molecule has 0 aromatic rings. The van der Waals surface area contributed by atoms with Crippen molar-refractivity contribution in [3.8, 4) is 0 Å². The SMILES string of the molecule is [Li][CH]1CCCCC1C(C)(C)C. The molecule has 2 unspecified atom stereocenters. The number of hydrogen-bond acceptors (Lipinski definition) is 0. The first kappa shape index (κ1) is 9.68. The molecule has 0 spiro atoms. The summed E-state index contributed by atoms with van der Waals surface area (Å²) < 4.78 is 0.962. The van der Waals surface area contributed by atoms with E-state index in [2.05, 4.69) is 38.5 Å². The molecule has 0 bridgehead atoms. The Hall–Kier alpha value is 0.597. The zero-order valence-electron chi connectivity index (χ0n) is 8.48. The molecule has 0 N–H and O–H groups in total. The van der Waals surface area contributed by atoms with Crippen LogP contribution >= 0.6 is 0 Å². The van der Waals surface area contributed by atoms with Gasteiger partial charge in [-0.3, -0.25) is 0 Å². The van der Waals surface area contributed by atoms with Gasteiger partial charge in [0.1, 0.15) is 0 Å². The van der Waals surface area contributed by atoms with E-state index in [1.165, 1.54) is 25.7 Å². The van der Waals surface area contributed by atoms with Crippen LogP contribution in [-0.2, 0) is 0 Å². The summed E-state index contributed by atoms with van der Waals surface area (Å²) in [5.41, 5.74) is 0.542. The fourth-order valence-corrected chi connectivity index (χ4v) is 2.60. The van der Waals surface area contributed by atoms with E-state index < -0.39 is 0 Å². The molecule has 0 saturated heterocycles. The fourth-order valence-electron chi connectivity index (χ4n) is 2.60. The van der Waals surface area contributed by atoms with Gasteiger partial charge in [0.05, 0.1) is 0 Å². The Bertz CT molecular complexity index is 123. The molecule has 0 radical (unpaired) electrons. The third-order valence-corrected chi connectivity index (χ3v) is 3.22. The molecule has 1 aliphatic carbocycles. The average Bonchev–Trinajstić information content (AvgIpc) is 1.86. The molecule has 1 aliphatic rings. The van der Waals surface area contributed by atoms with Gasteiger partial charge in [0.2, 0.25) is 0 Å². The van der Waals surface area contributed by atoms with Crippen LogP contribution in [0, 0.1) is 11.3 Å². The van der Waals surface area contributed by atoms with Crippen molar-refractivity contribution in [2.75, 3.05) is 0 Å². The first-order valence-electron chi connectivity index (χ1n) is 5.02. The third kappa shape index (κ3) is 2.53. The monoisotopic (exact) mass is 146 g/mol. The topological polar surface area (TPSA) is 0 Å². The van der Waals surface area contributed by atoms with E-state index in [4.69, 9.17) is 0 Å². The summed E-state index contributed by atoms with van der Waals surface area (Å²) in [4.78, 5) is 0. The van der Waals surface area contributed by atoms with Gasteiger partial charge < -0.3 is 0 Å². The van der Waals surface area contributed by atoms with Gasteiger partial charge in [-0.1, -0.05) is 0 Å². The Kier molecular flexibility index (Phi) is 3.12. The van der Waals surface area contributed by atoms with E-state index in [0.717, 1.165) is 10.5 Å². The van der Waals surface area contributed by atoms with Crippen LogP contribution in [0.15, 0.2) is 0 Å². The van der Waals surface area contributed by atoms with Crippen molar-refractivity contribution in [2.24, 2.45) is 11.3 Å². The average molecular weight is 146 g/mol. The Morgan fingerprint density at radius 2 is 1.64 bits per heavy atom. The molecule has 2 atom stereocenters. The molecule has 0 heterocycles. The molecular weight excluding hydrogens is 127 g/mol. The predicted molar refractivity (Wildman–Crippen MR) is 50.9 cm³/mol. The van der Waals surface area contributed by atoms with Gasteiger partial charge in [0.15, 0.2) is 0 Å². The molecule has 0 aromatic carbocycles. The van der Waals surface area contributed by atoms with Crippen molar-refractivity contribution in [2.45, 2.75) is 51.0 Å². The van der Waals surface area contributed by atoms with E-state index in [0.29, 0.717) is 5.41 Å². The second kappa shape index (κ2) is 3.54. The second-order valence-corrected chi connectivity index (χ2v) is 5.23. The summed E-state index contributed by atoms with van der Waals surface area (Å²) in [5.74, 6) is 0.969. The van der Waals surface area contributed by atoms with Crippen molar-refractivity contribution >= 4 is 17.7 Å². The van der Waals surface area contributed by atoms with Gasteiger partial charge in [0.25, 0.3) is 0 Å². The van der Waals surface area contributed by atoms with E-state index in [1.54, 1.807) is 0 Å². The first-order chi connectivity index (χ1) is 5.02. The number of rotatable bonds is 0. The maximum absolute atomic E-state index is 2.43. The normalized spacial score (nSPS) is 33.9. The van der Waals surface area contributed by atoms with Gasteiger partial charge in [-0.25, -0.2) is 0 Å². The van der Waals surface area contributed by atoms with Crippen LogP contribution in [0.4, 0.5) is 0 Å². The quantitative estimate of drug-likeness (QED) is 0.460. The Balaban J connectivity index is 2.55. The van der Waals surface area contributed by atoms with Gasteiger partial charge in [-0.05, 0) is 0 Å². The maximum atomic E-state index is 2.43. The molecule has 1 heteroatoms. The summed E-state index contributed by atoms with van der Waals surface area (Å²) in [5, 5.41) is 0. The molecule has 0 nitrogen and oxygen atoms in total. The standard InChI is InChI=1S/C10H19.Li/c1-10(2,3)9-7-5-4-6-8-9;/h7,9H,4-6,8H2,1-3H3;. The molecule has 1 saturated carbocycles. The molecule has 1 rings (SSSR count). The van der Waals surface area contributed by atoms with E-state index >= 15 is 0 Å².